The highest BCUT2D eigenvalue weighted by atomic mass is 16.5. The van der Waals surface area contributed by atoms with Crippen LogP contribution < -0.4 is 24.8 Å². The van der Waals surface area contributed by atoms with Gasteiger partial charge in [-0.2, -0.15) is 0 Å². The van der Waals surface area contributed by atoms with Gasteiger partial charge in [0.15, 0.2) is 11.5 Å². The highest BCUT2D eigenvalue weighted by Crippen LogP contribution is 2.30. The average molecular weight is 358 g/mol. The van der Waals surface area contributed by atoms with E-state index in [0.29, 0.717) is 30.4 Å². The SMILES string of the molecule is CCOc1ccc(NC(=O)CNc2ccc(OC)cc2C)cc1OCC. The van der Waals surface area contributed by atoms with Crippen LogP contribution in [0.2, 0.25) is 0 Å². The summed E-state index contributed by atoms with van der Waals surface area (Å²) >= 11 is 0. The molecule has 0 fully saturated rings. The molecule has 0 bridgehead atoms. The molecule has 0 atom stereocenters. The summed E-state index contributed by atoms with van der Waals surface area (Å²) in [5.41, 5.74) is 2.56. The number of carbonyl (C=O) groups is 1. The van der Waals surface area contributed by atoms with Gasteiger partial charge in [-0.15, -0.1) is 0 Å². The normalized spacial score (nSPS) is 10.2. The van der Waals surface area contributed by atoms with Crippen LogP contribution in [-0.2, 0) is 4.79 Å². The van der Waals surface area contributed by atoms with E-state index < -0.39 is 0 Å². The Hall–Kier alpha value is -2.89. The van der Waals surface area contributed by atoms with Crippen LogP contribution in [-0.4, -0.2) is 32.8 Å². The molecule has 6 nitrogen and oxygen atoms in total. The van der Waals surface area contributed by atoms with E-state index in [2.05, 4.69) is 10.6 Å². The van der Waals surface area contributed by atoms with Gasteiger partial charge >= 0.3 is 0 Å². The average Bonchev–Trinajstić information content (AvgIpc) is 2.63. The van der Waals surface area contributed by atoms with Crippen LogP contribution >= 0.6 is 0 Å². The molecular weight excluding hydrogens is 332 g/mol. The Morgan fingerprint density at radius 2 is 1.73 bits per heavy atom. The molecule has 0 unspecified atom stereocenters. The molecule has 2 aromatic rings. The van der Waals surface area contributed by atoms with Crippen molar-refractivity contribution in [3.8, 4) is 17.2 Å². The lowest BCUT2D eigenvalue weighted by molar-refractivity contribution is -0.114. The number of ether oxygens (including phenoxy) is 3. The quantitative estimate of drug-likeness (QED) is 0.712. The fraction of sp³-hybridized carbons (Fsp3) is 0.350. The summed E-state index contributed by atoms with van der Waals surface area (Å²) in [5.74, 6) is 1.92. The van der Waals surface area contributed by atoms with E-state index in [-0.39, 0.29) is 12.5 Å². The van der Waals surface area contributed by atoms with E-state index in [1.807, 2.05) is 39.0 Å². The third-order valence-corrected chi connectivity index (χ3v) is 3.70. The number of anilines is 2. The molecule has 0 saturated carbocycles. The molecule has 0 aliphatic heterocycles. The Morgan fingerprint density at radius 1 is 1.00 bits per heavy atom. The predicted molar refractivity (Wildman–Crippen MR) is 104 cm³/mol. The van der Waals surface area contributed by atoms with Crippen molar-refractivity contribution in [3.63, 3.8) is 0 Å². The number of hydrogen-bond acceptors (Lipinski definition) is 5. The zero-order chi connectivity index (χ0) is 18.9. The van der Waals surface area contributed by atoms with E-state index >= 15 is 0 Å². The molecule has 6 heteroatoms. The fourth-order valence-corrected chi connectivity index (χ4v) is 2.47. The van der Waals surface area contributed by atoms with Crippen LogP contribution in [0.3, 0.4) is 0 Å². The second-order valence-electron chi connectivity index (χ2n) is 5.61. The molecule has 0 saturated heterocycles. The van der Waals surface area contributed by atoms with Gasteiger partial charge in [0.05, 0.1) is 26.9 Å². The van der Waals surface area contributed by atoms with Gasteiger partial charge in [0.2, 0.25) is 5.91 Å². The molecule has 0 aromatic heterocycles. The summed E-state index contributed by atoms with van der Waals surface area (Å²) in [5, 5.41) is 5.99. The number of hydrogen-bond donors (Lipinski definition) is 2. The first kappa shape index (κ1) is 19.4. The molecule has 140 valence electrons. The largest absolute Gasteiger partial charge is 0.497 e. The zero-order valence-electron chi connectivity index (χ0n) is 15.7. The lowest BCUT2D eigenvalue weighted by Gasteiger charge is -2.14. The van der Waals surface area contributed by atoms with Gasteiger partial charge in [0, 0.05) is 17.4 Å². The van der Waals surface area contributed by atoms with Crippen molar-refractivity contribution >= 4 is 17.3 Å². The van der Waals surface area contributed by atoms with Crippen LogP contribution in [0.25, 0.3) is 0 Å². The predicted octanol–water partition coefficient (Wildman–Crippen LogP) is 3.85. The minimum Gasteiger partial charge on any atom is -0.497 e. The molecule has 0 heterocycles. The highest BCUT2D eigenvalue weighted by Gasteiger charge is 2.09. The van der Waals surface area contributed by atoms with E-state index in [1.165, 1.54) is 0 Å². The van der Waals surface area contributed by atoms with Gasteiger partial charge in [0.1, 0.15) is 5.75 Å². The van der Waals surface area contributed by atoms with E-state index in [4.69, 9.17) is 14.2 Å². The first-order valence-corrected chi connectivity index (χ1v) is 8.65. The minimum absolute atomic E-state index is 0.146. The Bertz CT molecular complexity index is 747. The molecule has 26 heavy (non-hydrogen) atoms. The Morgan fingerprint density at radius 3 is 2.38 bits per heavy atom. The van der Waals surface area contributed by atoms with Gasteiger partial charge in [-0.3, -0.25) is 4.79 Å². The summed E-state index contributed by atoms with van der Waals surface area (Å²) in [6, 6.07) is 11.0. The summed E-state index contributed by atoms with van der Waals surface area (Å²) < 4.78 is 16.3. The van der Waals surface area contributed by atoms with Gasteiger partial charge in [0.25, 0.3) is 0 Å². The third-order valence-electron chi connectivity index (χ3n) is 3.70. The Kier molecular flexibility index (Phi) is 7.14. The number of amides is 1. The van der Waals surface area contributed by atoms with Gasteiger partial charge in [-0.1, -0.05) is 0 Å². The smallest absolute Gasteiger partial charge is 0.243 e. The van der Waals surface area contributed by atoms with Crippen LogP contribution in [0.1, 0.15) is 19.4 Å². The van der Waals surface area contributed by atoms with E-state index in [1.54, 1.807) is 25.3 Å². The number of methoxy groups -OCH3 is 1. The van der Waals surface area contributed by atoms with Crippen molar-refractivity contribution in [1.82, 2.24) is 0 Å². The van der Waals surface area contributed by atoms with Crippen molar-refractivity contribution in [3.05, 3.63) is 42.0 Å². The molecule has 2 aromatic carbocycles. The number of rotatable bonds is 9. The maximum absolute atomic E-state index is 12.2. The number of carbonyl (C=O) groups excluding carboxylic acids is 1. The summed E-state index contributed by atoms with van der Waals surface area (Å²) in [4.78, 5) is 12.2. The second-order valence-corrected chi connectivity index (χ2v) is 5.61. The second kappa shape index (κ2) is 9.56. The van der Waals surface area contributed by atoms with Crippen LogP contribution in [0.15, 0.2) is 36.4 Å². The Balaban J connectivity index is 1.98. The summed E-state index contributed by atoms with van der Waals surface area (Å²) in [7, 11) is 1.63. The molecular formula is C20H26N2O4. The van der Waals surface area contributed by atoms with Gasteiger partial charge in [-0.25, -0.2) is 0 Å². The number of nitrogens with one attached hydrogen (secondary N) is 2. The fourth-order valence-electron chi connectivity index (χ4n) is 2.47. The van der Waals surface area contributed by atoms with Crippen molar-refractivity contribution in [2.75, 3.05) is 37.5 Å². The molecule has 0 spiro atoms. The molecule has 0 aliphatic carbocycles. The van der Waals surface area contributed by atoms with E-state index in [9.17, 15) is 4.79 Å². The highest BCUT2D eigenvalue weighted by molar-refractivity contribution is 5.94. The van der Waals surface area contributed by atoms with Crippen molar-refractivity contribution in [2.24, 2.45) is 0 Å². The maximum atomic E-state index is 12.2. The van der Waals surface area contributed by atoms with Crippen LogP contribution in [0, 0.1) is 6.92 Å². The molecule has 2 N–H and O–H groups in total. The maximum Gasteiger partial charge on any atom is 0.243 e. The van der Waals surface area contributed by atoms with Crippen LogP contribution in [0.5, 0.6) is 17.2 Å². The summed E-state index contributed by atoms with van der Waals surface area (Å²) in [6.45, 7) is 7.01. The first-order valence-electron chi connectivity index (χ1n) is 8.65. The van der Waals surface area contributed by atoms with Crippen LogP contribution in [0.4, 0.5) is 11.4 Å². The standard InChI is InChI=1S/C20H26N2O4/c1-5-25-18-10-7-15(12-19(18)26-6-2)22-20(23)13-21-17-9-8-16(24-4)11-14(17)3/h7-12,21H,5-6,13H2,1-4H3,(H,22,23). The number of benzene rings is 2. The molecule has 2 rings (SSSR count). The Labute approximate surface area is 154 Å². The van der Waals surface area contributed by atoms with Gasteiger partial charge < -0.3 is 24.8 Å². The van der Waals surface area contributed by atoms with Crippen molar-refractivity contribution in [1.29, 1.82) is 0 Å². The lowest BCUT2D eigenvalue weighted by Crippen LogP contribution is -2.22. The summed E-state index contributed by atoms with van der Waals surface area (Å²) in [6.07, 6.45) is 0. The number of aryl methyl sites for hydroxylation is 1. The molecule has 1 amide bonds. The van der Waals surface area contributed by atoms with Crippen molar-refractivity contribution in [2.45, 2.75) is 20.8 Å². The van der Waals surface area contributed by atoms with Crippen molar-refractivity contribution < 1.29 is 19.0 Å². The first-order chi connectivity index (χ1) is 12.6. The van der Waals surface area contributed by atoms with E-state index in [0.717, 1.165) is 17.0 Å². The molecule has 0 aliphatic rings. The van der Waals surface area contributed by atoms with Gasteiger partial charge in [-0.05, 0) is 56.7 Å². The topological polar surface area (TPSA) is 68.8 Å². The lowest BCUT2D eigenvalue weighted by atomic mass is 10.2. The minimum atomic E-state index is -0.146. The third kappa shape index (κ3) is 5.31. The monoisotopic (exact) mass is 358 g/mol. The zero-order valence-corrected chi connectivity index (χ0v) is 15.7. The molecule has 0 radical (unpaired) electrons.